The van der Waals surface area contributed by atoms with E-state index in [0.717, 1.165) is 6.07 Å². The van der Waals surface area contributed by atoms with E-state index in [4.69, 9.17) is 4.74 Å². The van der Waals surface area contributed by atoms with Crippen molar-refractivity contribution in [3.8, 4) is 11.5 Å². The normalized spacial score (nSPS) is 10.1. The molecular weight excluding hydrogens is 305 g/mol. The Bertz CT molecular complexity index is 604. The number of hydrogen-bond acceptors (Lipinski definition) is 3. The highest BCUT2D eigenvalue weighted by atomic mass is 79.9. The minimum Gasteiger partial charge on any atom is -0.450 e. The molecule has 0 aliphatic carbocycles. The summed E-state index contributed by atoms with van der Waals surface area (Å²) < 4.78 is 18.9. The van der Waals surface area contributed by atoms with Crippen molar-refractivity contribution >= 4 is 21.6 Å². The molecule has 0 N–H and O–H groups in total. The molecule has 0 atom stereocenters. The van der Waals surface area contributed by atoms with E-state index in [-0.39, 0.29) is 17.2 Å². The minimum atomic E-state index is -0.551. The van der Waals surface area contributed by atoms with Gasteiger partial charge in [-0.15, -0.1) is 0 Å². The molecule has 18 heavy (non-hydrogen) atoms. The number of benzene rings is 2. The van der Waals surface area contributed by atoms with Crippen LogP contribution in [0.2, 0.25) is 0 Å². The first-order valence-corrected chi connectivity index (χ1v) is 5.73. The Labute approximate surface area is 110 Å². The molecule has 0 radical (unpaired) electrons. The van der Waals surface area contributed by atoms with Gasteiger partial charge in [-0.1, -0.05) is 12.1 Å². The van der Waals surface area contributed by atoms with Crippen LogP contribution in [-0.4, -0.2) is 4.92 Å². The molecule has 0 aromatic heterocycles. The van der Waals surface area contributed by atoms with Gasteiger partial charge in [-0.05, 0) is 34.1 Å². The molecule has 0 spiro atoms. The van der Waals surface area contributed by atoms with Gasteiger partial charge in [0.15, 0.2) is 0 Å². The van der Waals surface area contributed by atoms with Crippen LogP contribution in [-0.2, 0) is 0 Å². The van der Waals surface area contributed by atoms with Crippen molar-refractivity contribution < 1.29 is 14.1 Å². The molecule has 0 bridgehead atoms. The number of rotatable bonds is 3. The van der Waals surface area contributed by atoms with Crippen LogP contribution in [0.3, 0.4) is 0 Å². The second-order valence-electron chi connectivity index (χ2n) is 3.40. The third-order valence-corrected chi connectivity index (χ3v) is 2.82. The fourth-order valence-corrected chi connectivity index (χ4v) is 1.61. The maximum atomic E-state index is 13.3. The number of ether oxygens (including phenoxy) is 1. The Morgan fingerprint density at radius 1 is 1.22 bits per heavy atom. The summed E-state index contributed by atoms with van der Waals surface area (Å²) in [7, 11) is 0. The molecule has 0 unspecified atom stereocenters. The third-order valence-electron chi connectivity index (χ3n) is 2.18. The van der Waals surface area contributed by atoms with Crippen LogP contribution in [0.15, 0.2) is 46.9 Å². The Kier molecular flexibility index (Phi) is 3.57. The van der Waals surface area contributed by atoms with Crippen LogP contribution in [0, 0.1) is 15.9 Å². The molecule has 0 saturated heterocycles. The molecule has 2 aromatic rings. The van der Waals surface area contributed by atoms with Crippen LogP contribution in [0.5, 0.6) is 11.5 Å². The Hall–Kier alpha value is -1.95. The van der Waals surface area contributed by atoms with E-state index in [2.05, 4.69) is 15.9 Å². The van der Waals surface area contributed by atoms with Gasteiger partial charge in [0.25, 0.3) is 0 Å². The molecule has 92 valence electrons. The topological polar surface area (TPSA) is 52.4 Å². The van der Waals surface area contributed by atoms with Crippen molar-refractivity contribution in [3.05, 3.63) is 62.9 Å². The summed E-state index contributed by atoms with van der Waals surface area (Å²) in [5.41, 5.74) is -0.166. The minimum absolute atomic E-state index is 0.0734. The lowest BCUT2D eigenvalue weighted by Gasteiger charge is -2.06. The van der Waals surface area contributed by atoms with E-state index in [1.165, 1.54) is 30.3 Å². The van der Waals surface area contributed by atoms with Gasteiger partial charge in [-0.3, -0.25) is 10.1 Å². The summed E-state index contributed by atoms with van der Waals surface area (Å²) in [6.45, 7) is 0. The summed E-state index contributed by atoms with van der Waals surface area (Å²) in [6, 6.07) is 10.1. The molecule has 0 saturated carbocycles. The molecule has 6 heteroatoms. The van der Waals surface area contributed by atoms with E-state index in [0.29, 0.717) is 4.47 Å². The second kappa shape index (κ2) is 5.14. The maximum absolute atomic E-state index is 13.3. The highest BCUT2D eigenvalue weighted by Gasteiger charge is 2.14. The summed E-state index contributed by atoms with van der Waals surface area (Å²) in [5.74, 6) is -0.222. The van der Waals surface area contributed by atoms with Gasteiger partial charge >= 0.3 is 5.69 Å². The van der Waals surface area contributed by atoms with E-state index in [9.17, 15) is 14.5 Å². The quantitative estimate of drug-likeness (QED) is 0.627. The van der Waals surface area contributed by atoms with Crippen LogP contribution in [0.1, 0.15) is 0 Å². The average molecular weight is 312 g/mol. The third kappa shape index (κ3) is 2.65. The first-order valence-electron chi connectivity index (χ1n) is 4.94. The lowest BCUT2D eigenvalue weighted by atomic mass is 10.3. The predicted octanol–water partition coefficient (Wildman–Crippen LogP) is 4.29. The highest BCUT2D eigenvalue weighted by Crippen LogP contribution is 2.32. The Morgan fingerprint density at radius 2 is 1.94 bits per heavy atom. The molecule has 0 aliphatic rings. The highest BCUT2D eigenvalue weighted by molar-refractivity contribution is 9.10. The smallest absolute Gasteiger partial charge is 0.311 e. The number of nitro groups is 1. The van der Waals surface area contributed by atoms with Crippen molar-refractivity contribution in [2.75, 3.05) is 0 Å². The fraction of sp³-hybridized carbons (Fsp3) is 0. The van der Waals surface area contributed by atoms with Crippen LogP contribution in [0.25, 0.3) is 0 Å². The van der Waals surface area contributed by atoms with Crippen molar-refractivity contribution in [2.45, 2.75) is 0 Å². The van der Waals surface area contributed by atoms with Crippen molar-refractivity contribution in [1.29, 1.82) is 0 Å². The van der Waals surface area contributed by atoms with Gasteiger partial charge in [0.2, 0.25) is 5.75 Å². The first kappa shape index (κ1) is 12.5. The molecule has 2 aromatic carbocycles. The Morgan fingerprint density at radius 3 is 2.61 bits per heavy atom. The molecule has 0 aliphatic heterocycles. The van der Waals surface area contributed by atoms with Crippen LogP contribution >= 0.6 is 15.9 Å². The lowest BCUT2D eigenvalue weighted by Crippen LogP contribution is -1.93. The van der Waals surface area contributed by atoms with Gasteiger partial charge in [-0.2, -0.15) is 0 Å². The molecule has 0 amide bonds. The SMILES string of the molecule is O=[N+]([O-])c1ccccc1Oc1ccc(Br)c(F)c1. The average Bonchev–Trinajstić information content (AvgIpc) is 2.34. The fourth-order valence-electron chi connectivity index (χ4n) is 1.36. The van der Waals surface area contributed by atoms with Gasteiger partial charge in [-0.25, -0.2) is 4.39 Å². The zero-order valence-electron chi connectivity index (χ0n) is 8.97. The zero-order chi connectivity index (χ0) is 13.1. The summed E-state index contributed by atoms with van der Waals surface area (Å²) in [5, 5.41) is 10.8. The number of nitrogens with zero attached hydrogens (tertiary/aromatic N) is 1. The maximum Gasteiger partial charge on any atom is 0.311 e. The predicted molar refractivity (Wildman–Crippen MR) is 67.3 cm³/mol. The van der Waals surface area contributed by atoms with E-state index >= 15 is 0 Å². The molecule has 0 heterocycles. The number of hydrogen-bond donors (Lipinski definition) is 0. The molecule has 4 nitrogen and oxygen atoms in total. The van der Waals surface area contributed by atoms with Crippen molar-refractivity contribution in [1.82, 2.24) is 0 Å². The summed E-state index contributed by atoms with van der Waals surface area (Å²) in [6.07, 6.45) is 0. The van der Waals surface area contributed by atoms with Gasteiger partial charge < -0.3 is 4.74 Å². The molecule has 0 fully saturated rings. The van der Waals surface area contributed by atoms with Crippen LogP contribution < -0.4 is 4.74 Å². The number of halogens is 2. The zero-order valence-corrected chi connectivity index (χ0v) is 10.6. The standard InChI is InChI=1S/C12H7BrFNO3/c13-9-6-5-8(7-10(9)14)18-12-4-2-1-3-11(12)15(16)17/h1-7H. The van der Waals surface area contributed by atoms with Gasteiger partial charge in [0.1, 0.15) is 11.6 Å². The Balaban J connectivity index is 2.34. The number of nitro benzene ring substituents is 1. The monoisotopic (exact) mass is 311 g/mol. The molecule has 2 rings (SSSR count). The van der Waals surface area contributed by atoms with Crippen LogP contribution in [0.4, 0.5) is 10.1 Å². The summed E-state index contributed by atoms with van der Waals surface area (Å²) in [4.78, 5) is 10.2. The lowest BCUT2D eigenvalue weighted by molar-refractivity contribution is -0.385. The van der Waals surface area contributed by atoms with Crippen molar-refractivity contribution in [3.63, 3.8) is 0 Å². The van der Waals surface area contributed by atoms with E-state index in [1.54, 1.807) is 6.07 Å². The van der Waals surface area contributed by atoms with Crippen molar-refractivity contribution in [2.24, 2.45) is 0 Å². The van der Waals surface area contributed by atoms with Gasteiger partial charge in [0.05, 0.1) is 9.40 Å². The van der Waals surface area contributed by atoms with E-state index in [1.807, 2.05) is 0 Å². The summed E-state index contributed by atoms with van der Waals surface area (Å²) >= 11 is 3.01. The number of para-hydroxylation sites is 2. The van der Waals surface area contributed by atoms with E-state index < -0.39 is 10.7 Å². The largest absolute Gasteiger partial charge is 0.450 e. The first-order chi connectivity index (χ1) is 8.58. The second-order valence-corrected chi connectivity index (χ2v) is 4.26. The van der Waals surface area contributed by atoms with Gasteiger partial charge in [0, 0.05) is 12.1 Å². The molecular formula is C12H7BrFNO3.